The van der Waals surface area contributed by atoms with Crippen LogP contribution in [0.2, 0.25) is 5.02 Å². The van der Waals surface area contributed by atoms with Crippen molar-refractivity contribution in [3.8, 4) is 22.9 Å². The van der Waals surface area contributed by atoms with Crippen molar-refractivity contribution in [1.82, 2.24) is 0 Å². The van der Waals surface area contributed by atoms with Gasteiger partial charge in [0, 0.05) is 22.7 Å². The Balaban J connectivity index is 1.56. The van der Waals surface area contributed by atoms with Crippen molar-refractivity contribution in [2.24, 2.45) is 10.9 Å². The van der Waals surface area contributed by atoms with Crippen LogP contribution in [0.5, 0.6) is 5.75 Å². The van der Waals surface area contributed by atoms with Crippen LogP contribution in [0, 0.1) is 17.2 Å². The Morgan fingerprint density at radius 3 is 2.13 bits per heavy atom. The second-order valence-corrected chi connectivity index (χ2v) is 7.54. The Hall–Kier alpha value is -3.30. The summed E-state index contributed by atoms with van der Waals surface area (Å²) in [6.45, 7) is 0. The maximum Gasteiger partial charge on any atom is 0.573 e. The monoisotopic (exact) mass is 440 g/mol. The predicted octanol–water partition coefficient (Wildman–Crippen LogP) is 6.98. The standard InChI is InChI=1S/C24H16ClF3N2O/c25-21-4-2-1-3-20(21)22-13-18(14-29)23(30-22)17-7-5-15(6-8-17)16-9-11-19(12-10-16)31-24(26,27)28/h1-12,18,23H,13H2/t18-,23+/m1/s1. The Morgan fingerprint density at radius 1 is 0.935 bits per heavy atom. The van der Waals surface area contributed by atoms with Crippen LogP contribution in [0.25, 0.3) is 11.1 Å². The van der Waals surface area contributed by atoms with Crippen molar-refractivity contribution in [3.63, 3.8) is 0 Å². The molecule has 0 aliphatic carbocycles. The number of benzene rings is 3. The molecule has 3 nitrogen and oxygen atoms in total. The summed E-state index contributed by atoms with van der Waals surface area (Å²) in [6, 6.07) is 22.7. The number of ether oxygens (including phenoxy) is 1. The lowest BCUT2D eigenvalue weighted by Crippen LogP contribution is -2.16. The van der Waals surface area contributed by atoms with Crippen LogP contribution in [0.3, 0.4) is 0 Å². The first-order chi connectivity index (χ1) is 14.8. The minimum Gasteiger partial charge on any atom is -0.406 e. The number of hydrogen-bond donors (Lipinski definition) is 0. The summed E-state index contributed by atoms with van der Waals surface area (Å²) < 4.78 is 40.8. The van der Waals surface area contributed by atoms with Crippen molar-refractivity contribution in [3.05, 3.63) is 88.9 Å². The second-order valence-electron chi connectivity index (χ2n) is 7.13. The van der Waals surface area contributed by atoms with E-state index in [1.165, 1.54) is 12.1 Å². The molecule has 0 amide bonds. The molecule has 156 valence electrons. The first-order valence-electron chi connectivity index (χ1n) is 9.51. The summed E-state index contributed by atoms with van der Waals surface area (Å²) in [6.07, 6.45) is -4.20. The smallest absolute Gasteiger partial charge is 0.406 e. The van der Waals surface area contributed by atoms with Crippen LogP contribution in [-0.4, -0.2) is 12.1 Å². The van der Waals surface area contributed by atoms with E-state index in [2.05, 4.69) is 10.8 Å². The third-order valence-electron chi connectivity index (χ3n) is 5.11. The molecule has 0 saturated carbocycles. The summed E-state index contributed by atoms with van der Waals surface area (Å²) in [5, 5.41) is 10.2. The molecule has 1 heterocycles. The average Bonchev–Trinajstić information content (AvgIpc) is 3.18. The minimum absolute atomic E-state index is 0.267. The normalized spacial score (nSPS) is 18.4. The van der Waals surface area contributed by atoms with Crippen molar-refractivity contribution in [1.29, 1.82) is 5.26 Å². The van der Waals surface area contributed by atoms with Crippen LogP contribution in [0.1, 0.15) is 23.6 Å². The van der Waals surface area contributed by atoms with Crippen molar-refractivity contribution in [2.45, 2.75) is 18.8 Å². The lowest BCUT2D eigenvalue weighted by Gasteiger charge is -2.13. The van der Waals surface area contributed by atoms with Gasteiger partial charge in [0.25, 0.3) is 0 Å². The van der Waals surface area contributed by atoms with Gasteiger partial charge in [-0.2, -0.15) is 5.26 Å². The van der Waals surface area contributed by atoms with Gasteiger partial charge >= 0.3 is 6.36 Å². The van der Waals surface area contributed by atoms with Gasteiger partial charge in [-0.05, 0) is 34.9 Å². The van der Waals surface area contributed by atoms with E-state index in [1.54, 1.807) is 18.2 Å². The summed E-state index contributed by atoms with van der Waals surface area (Å²) in [5.41, 5.74) is 4.14. The number of hydrogen-bond acceptors (Lipinski definition) is 3. The fourth-order valence-corrected chi connectivity index (χ4v) is 3.89. The van der Waals surface area contributed by atoms with Gasteiger partial charge in [-0.3, -0.25) is 4.99 Å². The molecule has 0 spiro atoms. The molecule has 0 unspecified atom stereocenters. The molecule has 0 saturated heterocycles. The molecule has 3 aromatic carbocycles. The van der Waals surface area contributed by atoms with Crippen LogP contribution < -0.4 is 4.74 Å². The quantitative estimate of drug-likeness (QED) is 0.439. The van der Waals surface area contributed by atoms with E-state index < -0.39 is 6.36 Å². The van der Waals surface area contributed by atoms with Gasteiger partial charge in [0.1, 0.15) is 5.75 Å². The van der Waals surface area contributed by atoms with E-state index in [1.807, 2.05) is 42.5 Å². The fraction of sp³-hybridized carbons (Fsp3) is 0.167. The topological polar surface area (TPSA) is 45.4 Å². The number of nitrogens with zero attached hydrogens (tertiary/aromatic N) is 2. The molecule has 3 aromatic rings. The zero-order valence-corrected chi connectivity index (χ0v) is 16.9. The summed E-state index contributed by atoms with van der Waals surface area (Å²) in [7, 11) is 0. The molecule has 0 aromatic heterocycles. The molecule has 2 atom stereocenters. The van der Waals surface area contributed by atoms with E-state index in [0.717, 1.165) is 28.0 Å². The molecule has 4 rings (SSSR count). The molecule has 0 bridgehead atoms. The second kappa shape index (κ2) is 8.44. The average molecular weight is 441 g/mol. The summed E-state index contributed by atoms with van der Waals surface area (Å²) in [5.74, 6) is -0.562. The summed E-state index contributed by atoms with van der Waals surface area (Å²) in [4.78, 5) is 4.78. The van der Waals surface area contributed by atoms with Gasteiger partial charge < -0.3 is 4.74 Å². The van der Waals surface area contributed by atoms with E-state index in [-0.39, 0.29) is 17.7 Å². The van der Waals surface area contributed by atoms with Crippen LogP contribution >= 0.6 is 11.6 Å². The van der Waals surface area contributed by atoms with Crippen LogP contribution in [0.4, 0.5) is 13.2 Å². The van der Waals surface area contributed by atoms with E-state index >= 15 is 0 Å². The number of rotatable bonds is 4. The highest BCUT2D eigenvalue weighted by atomic mass is 35.5. The zero-order chi connectivity index (χ0) is 22.0. The van der Waals surface area contributed by atoms with Gasteiger partial charge in [-0.1, -0.05) is 66.2 Å². The highest BCUT2D eigenvalue weighted by Crippen LogP contribution is 2.38. The molecular weight excluding hydrogens is 425 g/mol. The first-order valence-corrected chi connectivity index (χ1v) is 9.89. The Bertz CT molecular complexity index is 1150. The van der Waals surface area contributed by atoms with E-state index in [4.69, 9.17) is 16.6 Å². The van der Waals surface area contributed by atoms with Gasteiger partial charge in [-0.25, -0.2) is 0 Å². The molecular formula is C24H16ClF3N2O. The highest BCUT2D eigenvalue weighted by Gasteiger charge is 2.32. The minimum atomic E-state index is -4.72. The number of aliphatic imine (C=N–C) groups is 1. The maximum atomic E-state index is 12.3. The molecule has 31 heavy (non-hydrogen) atoms. The molecule has 0 N–H and O–H groups in total. The SMILES string of the molecule is N#C[C@H]1CC(c2ccccc2Cl)=N[C@H]1c1ccc(-c2ccc(OC(F)(F)F)cc2)cc1. The third kappa shape index (κ3) is 4.73. The Morgan fingerprint density at radius 2 is 1.55 bits per heavy atom. The largest absolute Gasteiger partial charge is 0.573 e. The highest BCUT2D eigenvalue weighted by molar-refractivity contribution is 6.34. The van der Waals surface area contributed by atoms with E-state index in [0.29, 0.717) is 11.4 Å². The van der Waals surface area contributed by atoms with E-state index in [9.17, 15) is 18.4 Å². The van der Waals surface area contributed by atoms with Crippen LogP contribution in [0.15, 0.2) is 77.8 Å². The van der Waals surface area contributed by atoms with Crippen molar-refractivity contribution in [2.75, 3.05) is 0 Å². The lowest BCUT2D eigenvalue weighted by atomic mass is 9.92. The first kappa shape index (κ1) is 21.0. The predicted molar refractivity (Wildman–Crippen MR) is 113 cm³/mol. The lowest BCUT2D eigenvalue weighted by molar-refractivity contribution is -0.274. The van der Waals surface area contributed by atoms with Crippen molar-refractivity contribution < 1.29 is 17.9 Å². The van der Waals surface area contributed by atoms with Gasteiger partial charge in [0.2, 0.25) is 0 Å². The molecule has 1 aliphatic heterocycles. The molecule has 0 fully saturated rings. The molecule has 1 aliphatic rings. The summed E-state index contributed by atoms with van der Waals surface area (Å²) >= 11 is 6.29. The third-order valence-corrected chi connectivity index (χ3v) is 5.44. The number of nitriles is 1. The molecule has 7 heteroatoms. The number of alkyl halides is 3. The maximum absolute atomic E-state index is 12.3. The van der Waals surface area contributed by atoms with Gasteiger partial charge in [0.05, 0.1) is 18.0 Å². The number of halogens is 4. The van der Waals surface area contributed by atoms with Gasteiger partial charge in [-0.15, -0.1) is 13.2 Å². The Kier molecular flexibility index (Phi) is 5.71. The zero-order valence-electron chi connectivity index (χ0n) is 16.1. The van der Waals surface area contributed by atoms with Crippen LogP contribution in [-0.2, 0) is 0 Å². The Labute approximate surface area is 182 Å². The van der Waals surface area contributed by atoms with Gasteiger partial charge in [0.15, 0.2) is 0 Å². The fourth-order valence-electron chi connectivity index (χ4n) is 3.65. The molecule has 0 radical (unpaired) electrons. The van der Waals surface area contributed by atoms with Crippen molar-refractivity contribution >= 4 is 17.3 Å².